The van der Waals surface area contributed by atoms with Gasteiger partial charge in [-0.1, -0.05) is 0 Å². The van der Waals surface area contributed by atoms with Crippen LogP contribution in [0.25, 0.3) is 0 Å². The lowest BCUT2D eigenvalue weighted by Crippen LogP contribution is -2.59. The third kappa shape index (κ3) is 2.60. The predicted molar refractivity (Wildman–Crippen MR) is 75.0 cm³/mol. The highest BCUT2D eigenvalue weighted by Crippen LogP contribution is 2.08. The van der Waals surface area contributed by atoms with Gasteiger partial charge in [0.2, 0.25) is 16.6 Å². The Balaban J connectivity index is 3.18. The first-order valence-corrected chi connectivity index (χ1v) is 12.5. The van der Waals surface area contributed by atoms with Crippen LogP contribution in [-0.2, 0) is 8.23 Å². The van der Waals surface area contributed by atoms with Gasteiger partial charge in [-0.15, -0.1) is 0 Å². The first-order chi connectivity index (χ1) is 6.85. The Labute approximate surface area is 99.5 Å². The molecular weight excluding hydrogens is 256 g/mol. The first kappa shape index (κ1) is 13.1. The van der Waals surface area contributed by atoms with Gasteiger partial charge in [-0.3, -0.25) is 0 Å². The second kappa shape index (κ2) is 4.51. The van der Waals surface area contributed by atoms with Gasteiger partial charge in [0.05, 0.1) is 12.5 Å². The van der Waals surface area contributed by atoms with Crippen molar-refractivity contribution in [1.29, 1.82) is 0 Å². The fraction of sp³-hybridized carbons (Fsp3) is 0.500. The van der Waals surface area contributed by atoms with Gasteiger partial charge in [-0.05, 0) is 26.2 Å². The Morgan fingerprint density at radius 3 is 1.53 bits per heavy atom. The third-order valence-corrected chi connectivity index (χ3v) is 14.8. The zero-order valence-corrected chi connectivity index (χ0v) is 16.4. The zero-order chi connectivity index (χ0) is 11.7. The van der Waals surface area contributed by atoms with Gasteiger partial charge in [0.15, 0.2) is 0 Å². The molecular formula is C8H20O3Si4. The zero-order valence-electron chi connectivity index (χ0n) is 10.4. The van der Waals surface area contributed by atoms with Gasteiger partial charge in [-0.2, -0.15) is 0 Å². The molecule has 1 aromatic rings. The normalized spacial score (nSPS) is 13.6. The molecule has 0 aliphatic rings. The van der Waals surface area contributed by atoms with Crippen molar-refractivity contribution in [3.63, 3.8) is 0 Å². The fourth-order valence-corrected chi connectivity index (χ4v) is 7.13. The van der Waals surface area contributed by atoms with Gasteiger partial charge in [0, 0.05) is 10.4 Å². The molecule has 0 saturated carbocycles. The van der Waals surface area contributed by atoms with Crippen molar-refractivity contribution in [3.05, 3.63) is 12.5 Å². The number of rotatable bonds is 4. The van der Waals surface area contributed by atoms with Crippen molar-refractivity contribution in [3.8, 4) is 0 Å². The van der Waals surface area contributed by atoms with Gasteiger partial charge < -0.3 is 12.6 Å². The maximum Gasteiger partial charge on any atom is 0.208 e. The smallest absolute Gasteiger partial charge is 0.208 e. The largest absolute Gasteiger partial charge is 0.473 e. The fourth-order valence-electron chi connectivity index (χ4n) is 1.45. The Bertz CT molecular complexity index is 304. The van der Waals surface area contributed by atoms with Gasteiger partial charge in [0.25, 0.3) is 0 Å². The van der Waals surface area contributed by atoms with E-state index in [1.165, 1.54) is 10.4 Å². The monoisotopic (exact) mass is 276 g/mol. The molecule has 1 heterocycles. The van der Waals surface area contributed by atoms with Crippen LogP contribution in [0.1, 0.15) is 0 Å². The minimum Gasteiger partial charge on any atom is -0.473 e. The Hall–Kier alpha value is 0.0675. The molecule has 0 aliphatic heterocycles. The number of furan rings is 1. The molecule has 0 radical (unpaired) electrons. The van der Waals surface area contributed by atoms with Crippen LogP contribution in [0.5, 0.6) is 0 Å². The molecule has 0 bridgehead atoms. The highest BCUT2D eigenvalue weighted by molar-refractivity contribution is 6.96. The summed E-state index contributed by atoms with van der Waals surface area (Å²) >= 11 is 0. The summed E-state index contributed by atoms with van der Waals surface area (Å²) in [5.41, 5.74) is 0. The van der Waals surface area contributed by atoms with Crippen molar-refractivity contribution in [2.45, 2.75) is 26.2 Å². The lowest BCUT2D eigenvalue weighted by Gasteiger charge is -2.26. The second-order valence-electron chi connectivity index (χ2n) is 4.63. The van der Waals surface area contributed by atoms with Crippen molar-refractivity contribution in [2.75, 3.05) is 0 Å². The minimum absolute atomic E-state index is 0.783. The van der Waals surface area contributed by atoms with Crippen LogP contribution >= 0.6 is 0 Å². The molecule has 0 spiro atoms. The van der Waals surface area contributed by atoms with E-state index in [-0.39, 0.29) is 0 Å². The van der Waals surface area contributed by atoms with Crippen LogP contribution < -0.4 is 10.4 Å². The van der Waals surface area contributed by atoms with Crippen molar-refractivity contribution < 1.29 is 12.6 Å². The maximum absolute atomic E-state index is 5.76. The summed E-state index contributed by atoms with van der Waals surface area (Å²) in [6, 6.07) is 0. The van der Waals surface area contributed by atoms with Gasteiger partial charge in [-0.25, -0.2) is 0 Å². The van der Waals surface area contributed by atoms with Crippen LogP contribution in [-0.4, -0.2) is 37.6 Å². The summed E-state index contributed by atoms with van der Waals surface area (Å²) in [7, 11) is -1.90. The highest BCUT2D eigenvalue weighted by atomic mass is 28.4. The molecule has 0 aliphatic carbocycles. The molecule has 1 rings (SSSR count). The SMILES string of the molecule is C[Si](C)(O[SiH3])c1cocc1[Si](C)(C)O[SiH3]. The number of hydrogen-bond donors (Lipinski definition) is 0. The minimum atomic E-state index is -1.73. The van der Waals surface area contributed by atoms with Crippen LogP contribution in [0.15, 0.2) is 16.9 Å². The molecule has 0 saturated heterocycles. The van der Waals surface area contributed by atoms with E-state index in [1.54, 1.807) is 0 Å². The van der Waals surface area contributed by atoms with E-state index in [0.717, 1.165) is 21.0 Å². The van der Waals surface area contributed by atoms with E-state index in [1.807, 2.05) is 12.5 Å². The second-order valence-corrected chi connectivity index (χ2v) is 15.0. The summed E-state index contributed by atoms with van der Waals surface area (Å²) < 4.78 is 16.9. The average molecular weight is 277 g/mol. The average Bonchev–Trinajstić information content (AvgIpc) is 2.67. The molecule has 1 aromatic heterocycles. The molecule has 7 heteroatoms. The molecule has 15 heavy (non-hydrogen) atoms. The molecule has 3 nitrogen and oxygen atoms in total. The van der Waals surface area contributed by atoms with E-state index in [4.69, 9.17) is 12.6 Å². The molecule has 0 atom stereocenters. The molecule has 0 fully saturated rings. The summed E-state index contributed by atoms with van der Waals surface area (Å²) in [5.74, 6) is 0. The van der Waals surface area contributed by atoms with Crippen LogP contribution in [0, 0.1) is 0 Å². The molecule has 0 aromatic carbocycles. The van der Waals surface area contributed by atoms with Crippen LogP contribution in [0.3, 0.4) is 0 Å². The molecule has 0 N–H and O–H groups in total. The Morgan fingerprint density at radius 2 is 1.27 bits per heavy atom. The lowest BCUT2D eigenvalue weighted by molar-refractivity contribution is 0.566. The Morgan fingerprint density at radius 1 is 0.933 bits per heavy atom. The summed E-state index contributed by atoms with van der Waals surface area (Å²) in [6.07, 6.45) is 3.71. The van der Waals surface area contributed by atoms with Crippen LogP contribution in [0.4, 0.5) is 0 Å². The molecule has 86 valence electrons. The van der Waals surface area contributed by atoms with Crippen molar-refractivity contribution >= 4 is 48.0 Å². The summed E-state index contributed by atoms with van der Waals surface area (Å²) in [6.45, 7) is 8.86. The predicted octanol–water partition coefficient (Wildman–Crippen LogP) is -1.30. The first-order valence-electron chi connectivity index (χ1n) is 5.02. The van der Waals surface area contributed by atoms with E-state index < -0.39 is 16.6 Å². The standard InChI is InChI=1S/C8H20O3Si4/c1-14(2,10-12)7-5-9-6-8(7)15(3,4)11-13/h5-6H,1-4,12-13H3. The van der Waals surface area contributed by atoms with Gasteiger partial charge in [0.1, 0.15) is 21.0 Å². The van der Waals surface area contributed by atoms with E-state index >= 15 is 0 Å². The topological polar surface area (TPSA) is 31.6 Å². The Kier molecular flexibility index (Phi) is 3.95. The van der Waals surface area contributed by atoms with Crippen molar-refractivity contribution in [1.82, 2.24) is 0 Å². The van der Waals surface area contributed by atoms with E-state index in [0.29, 0.717) is 0 Å². The molecule has 0 unspecified atom stereocenters. The molecule has 0 amide bonds. The highest BCUT2D eigenvalue weighted by Gasteiger charge is 2.35. The summed E-state index contributed by atoms with van der Waals surface area (Å²) in [4.78, 5) is 0. The summed E-state index contributed by atoms with van der Waals surface area (Å²) in [5, 5.41) is 2.56. The number of hydrogen-bond acceptors (Lipinski definition) is 3. The van der Waals surface area contributed by atoms with Crippen molar-refractivity contribution in [2.24, 2.45) is 0 Å². The maximum atomic E-state index is 5.76. The van der Waals surface area contributed by atoms with Gasteiger partial charge >= 0.3 is 0 Å². The van der Waals surface area contributed by atoms with E-state index in [9.17, 15) is 0 Å². The van der Waals surface area contributed by atoms with E-state index in [2.05, 4.69) is 26.2 Å². The quantitative estimate of drug-likeness (QED) is 0.641. The lowest BCUT2D eigenvalue weighted by atomic mass is 10.6. The van der Waals surface area contributed by atoms with Crippen LogP contribution in [0.2, 0.25) is 26.2 Å². The third-order valence-electron chi connectivity index (χ3n) is 2.98.